The molecule has 0 aliphatic rings. The zero-order chi connectivity index (χ0) is 13.7. The van der Waals surface area contributed by atoms with Gasteiger partial charge in [0.25, 0.3) is 0 Å². The van der Waals surface area contributed by atoms with Crippen molar-refractivity contribution >= 4 is 11.5 Å². The minimum absolute atomic E-state index is 0.147. The fourth-order valence-electron chi connectivity index (χ4n) is 1.79. The van der Waals surface area contributed by atoms with Gasteiger partial charge in [-0.2, -0.15) is 0 Å². The number of anilines is 1. The highest BCUT2D eigenvalue weighted by atomic mass is 19.1. The molecule has 0 aromatic heterocycles. The van der Waals surface area contributed by atoms with Crippen LogP contribution in [-0.4, -0.2) is 37.4 Å². The van der Waals surface area contributed by atoms with Gasteiger partial charge in [-0.15, -0.1) is 0 Å². The smallest absolute Gasteiger partial charge is 0.164 e. The van der Waals surface area contributed by atoms with Crippen LogP contribution in [0.3, 0.4) is 0 Å². The number of rotatable bonds is 6. The topological polar surface area (TPSA) is 32.3 Å². The van der Waals surface area contributed by atoms with Crippen LogP contribution in [0, 0.1) is 5.82 Å². The summed E-state index contributed by atoms with van der Waals surface area (Å²) in [5, 5.41) is 3.20. The Labute approximate surface area is 108 Å². The van der Waals surface area contributed by atoms with Gasteiger partial charge in [0.15, 0.2) is 5.78 Å². The second-order valence-corrected chi connectivity index (χ2v) is 4.86. The molecule has 0 spiro atoms. The third-order valence-electron chi connectivity index (χ3n) is 2.78. The molecular formula is C14H21FN2O. The maximum atomic E-state index is 13.6. The lowest BCUT2D eigenvalue weighted by Gasteiger charge is -2.19. The summed E-state index contributed by atoms with van der Waals surface area (Å²) < 4.78 is 13.6. The zero-order valence-electron chi connectivity index (χ0n) is 11.5. The molecule has 1 rings (SSSR count). The van der Waals surface area contributed by atoms with Gasteiger partial charge < -0.3 is 10.2 Å². The third-order valence-corrected chi connectivity index (χ3v) is 2.78. The molecule has 0 bridgehead atoms. The molecule has 1 unspecified atom stereocenters. The van der Waals surface area contributed by atoms with Gasteiger partial charge >= 0.3 is 0 Å². The monoisotopic (exact) mass is 252 g/mol. The lowest BCUT2D eigenvalue weighted by Crippen LogP contribution is -2.24. The van der Waals surface area contributed by atoms with Crippen LogP contribution in [0.15, 0.2) is 18.2 Å². The Kier molecular flexibility index (Phi) is 5.28. The molecule has 0 saturated heterocycles. The van der Waals surface area contributed by atoms with E-state index in [1.807, 2.05) is 21.0 Å². The molecule has 0 heterocycles. The van der Waals surface area contributed by atoms with Crippen molar-refractivity contribution in [2.45, 2.75) is 26.3 Å². The van der Waals surface area contributed by atoms with Crippen LogP contribution in [0.4, 0.5) is 10.1 Å². The first-order chi connectivity index (χ1) is 8.41. The highest BCUT2D eigenvalue weighted by molar-refractivity contribution is 5.99. The van der Waals surface area contributed by atoms with Gasteiger partial charge in [0.2, 0.25) is 0 Å². The van der Waals surface area contributed by atoms with Crippen molar-refractivity contribution < 1.29 is 9.18 Å². The number of nitrogens with zero attached hydrogens (tertiary/aromatic N) is 1. The summed E-state index contributed by atoms with van der Waals surface area (Å²) in [5.41, 5.74) is 0.725. The Morgan fingerprint density at radius 3 is 2.67 bits per heavy atom. The molecule has 1 N–H and O–H groups in total. The van der Waals surface area contributed by atoms with Crippen LogP contribution in [-0.2, 0) is 0 Å². The molecule has 3 nitrogen and oxygen atoms in total. The van der Waals surface area contributed by atoms with Crippen molar-refractivity contribution in [2.75, 3.05) is 26.0 Å². The quantitative estimate of drug-likeness (QED) is 0.790. The van der Waals surface area contributed by atoms with E-state index in [1.54, 1.807) is 12.1 Å². The summed E-state index contributed by atoms with van der Waals surface area (Å²) >= 11 is 0. The van der Waals surface area contributed by atoms with Crippen molar-refractivity contribution in [3.8, 4) is 0 Å². The molecule has 0 saturated carbocycles. The highest BCUT2D eigenvalue weighted by Crippen LogP contribution is 2.20. The summed E-state index contributed by atoms with van der Waals surface area (Å²) in [6, 6.07) is 4.86. The van der Waals surface area contributed by atoms with E-state index in [1.165, 1.54) is 13.0 Å². The van der Waals surface area contributed by atoms with Gasteiger partial charge in [0.1, 0.15) is 5.82 Å². The summed E-state index contributed by atoms with van der Waals surface area (Å²) in [5.74, 6) is -0.720. The molecule has 0 radical (unpaired) electrons. The average Bonchev–Trinajstić information content (AvgIpc) is 2.26. The number of carbonyl (C=O) groups is 1. The molecule has 1 atom stereocenters. The molecular weight excluding hydrogens is 231 g/mol. The standard InChI is InChI=1S/C14H21FN2O/c1-10(8-9-17(3)4)16-13-7-5-6-12(15)14(13)11(2)18/h5-7,10,16H,8-9H2,1-4H3. The number of ketones is 1. The summed E-state index contributed by atoms with van der Waals surface area (Å²) in [6.45, 7) is 4.35. The highest BCUT2D eigenvalue weighted by Gasteiger charge is 2.14. The lowest BCUT2D eigenvalue weighted by molar-refractivity contribution is 0.101. The Morgan fingerprint density at radius 2 is 2.11 bits per heavy atom. The van der Waals surface area contributed by atoms with E-state index < -0.39 is 5.82 Å². The van der Waals surface area contributed by atoms with Gasteiger partial charge in [-0.25, -0.2) is 4.39 Å². The van der Waals surface area contributed by atoms with Crippen LogP contribution >= 0.6 is 0 Å². The minimum Gasteiger partial charge on any atom is -0.382 e. The number of halogens is 1. The second-order valence-electron chi connectivity index (χ2n) is 4.86. The minimum atomic E-state index is -0.465. The van der Waals surface area contributed by atoms with Crippen LogP contribution in [0.5, 0.6) is 0 Å². The molecule has 4 heteroatoms. The molecule has 0 aliphatic heterocycles. The molecule has 0 amide bonds. The van der Waals surface area contributed by atoms with Crippen molar-refractivity contribution in [2.24, 2.45) is 0 Å². The maximum Gasteiger partial charge on any atom is 0.164 e. The van der Waals surface area contributed by atoms with Crippen LogP contribution in [0.25, 0.3) is 0 Å². The van der Waals surface area contributed by atoms with Crippen molar-refractivity contribution in [1.29, 1.82) is 0 Å². The molecule has 0 fully saturated rings. The molecule has 100 valence electrons. The molecule has 0 aliphatic carbocycles. The van der Waals surface area contributed by atoms with Crippen LogP contribution in [0.1, 0.15) is 30.6 Å². The van der Waals surface area contributed by atoms with Gasteiger partial charge in [-0.3, -0.25) is 4.79 Å². The predicted molar refractivity (Wildman–Crippen MR) is 72.7 cm³/mol. The van der Waals surface area contributed by atoms with E-state index in [4.69, 9.17) is 0 Å². The Bertz CT molecular complexity index is 418. The van der Waals surface area contributed by atoms with Gasteiger partial charge in [-0.05, 0) is 53.0 Å². The van der Waals surface area contributed by atoms with E-state index in [0.29, 0.717) is 5.69 Å². The van der Waals surface area contributed by atoms with E-state index in [-0.39, 0.29) is 17.4 Å². The van der Waals surface area contributed by atoms with Crippen molar-refractivity contribution in [3.63, 3.8) is 0 Å². The normalized spacial score (nSPS) is 12.6. The molecule has 18 heavy (non-hydrogen) atoms. The van der Waals surface area contributed by atoms with Gasteiger partial charge in [0, 0.05) is 11.7 Å². The summed E-state index contributed by atoms with van der Waals surface area (Å²) in [6.07, 6.45) is 0.931. The van der Waals surface area contributed by atoms with Gasteiger partial charge in [0.05, 0.1) is 5.56 Å². The average molecular weight is 252 g/mol. The molecule has 1 aromatic carbocycles. The maximum absolute atomic E-state index is 13.6. The Morgan fingerprint density at radius 1 is 1.44 bits per heavy atom. The van der Waals surface area contributed by atoms with Crippen molar-refractivity contribution in [3.05, 3.63) is 29.6 Å². The van der Waals surface area contributed by atoms with E-state index in [2.05, 4.69) is 10.2 Å². The van der Waals surface area contributed by atoms with E-state index in [9.17, 15) is 9.18 Å². The number of carbonyl (C=O) groups excluding carboxylic acids is 1. The first-order valence-electron chi connectivity index (χ1n) is 6.12. The predicted octanol–water partition coefficient (Wildman–Crippen LogP) is 2.78. The van der Waals surface area contributed by atoms with E-state index in [0.717, 1.165) is 13.0 Å². The van der Waals surface area contributed by atoms with Gasteiger partial charge in [-0.1, -0.05) is 6.07 Å². The molecule has 1 aromatic rings. The van der Waals surface area contributed by atoms with Crippen LogP contribution in [0.2, 0.25) is 0 Å². The number of hydrogen-bond acceptors (Lipinski definition) is 3. The summed E-state index contributed by atoms with van der Waals surface area (Å²) in [4.78, 5) is 13.5. The largest absolute Gasteiger partial charge is 0.382 e. The third kappa shape index (κ3) is 4.11. The fraction of sp³-hybridized carbons (Fsp3) is 0.500. The Hall–Kier alpha value is -1.42. The Balaban J connectivity index is 2.78. The summed E-state index contributed by atoms with van der Waals surface area (Å²) in [7, 11) is 4.02. The first-order valence-corrected chi connectivity index (χ1v) is 6.12. The number of nitrogens with one attached hydrogen (secondary N) is 1. The number of benzene rings is 1. The fourth-order valence-corrected chi connectivity index (χ4v) is 1.79. The zero-order valence-corrected chi connectivity index (χ0v) is 11.5. The second kappa shape index (κ2) is 6.50. The van der Waals surface area contributed by atoms with E-state index >= 15 is 0 Å². The number of Topliss-reactive ketones (excluding diaryl/α,β-unsaturated/α-hetero) is 1. The lowest BCUT2D eigenvalue weighted by atomic mass is 10.1. The van der Waals surface area contributed by atoms with Crippen LogP contribution < -0.4 is 5.32 Å². The SMILES string of the molecule is CC(=O)c1c(F)cccc1NC(C)CCN(C)C. The first kappa shape index (κ1) is 14.6. The van der Waals surface area contributed by atoms with Crippen molar-refractivity contribution in [1.82, 2.24) is 4.90 Å². The number of hydrogen-bond donors (Lipinski definition) is 1.